The smallest absolute Gasteiger partial charge is 0.309 e. The molecule has 0 bridgehead atoms. The number of likely N-dealkylation sites (tertiary alicyclic amines) is 1. The summed E-state index contributed by atoms with van der Waals surface area (Å²) < 4.78 is 0. The number of imide groups is 1. The van der Waals surface area contributed by atoms with E-state index in [9.17, 15) is 9.59 Å². The highest BCUT2D eigenvalue weighted by atomic mass is 16.2. The summed E-state index contributed by atoms with van der Waals surface area (Å²) in [6, 6.07) is 3.94. The maximum atomic E-state index is 13.4. The highest BCUT2D eigenvalue weighted by Crippen LogP contribution is 2.38. The molecule has 0 unspecified atom stereocenters. The second kappa shape index (κ2) is 9.22. The molecule has 29 heavy (non-hydrogen) atoms. The first kappa shape index (κ1) is 21.7. The lowest BCUT2D eigenvalue weighted by Crippen LogP contribution is -2.56. The van der Waals surface area contributed by atoms with Gasteiger partial charge >= 0.3 is 6.03 Å². The second-order valence-corrected chi connectivity index (χ2v) is 9.05. The van der Waals surface area contributed by atoms with E-state index in [1.807, 2.05) is 36.2 Å². The van der Waals surface area contributed by atoms with Crippen LogP contribution in [0.3, 0.4) is 0 Å². The molecule has 1 spiro atoms. The summed E-state index contributed by atoms with van der Waals surface area (Å²) in [5.74, 6) is 0.505. The Hall–Kier alpha value is -1.99. The van der Waals surface area contributed by atoms with E-state index < -0.39 is 5.54 Å². The number of amides is 3. The molecule has 2 aliphatic heterocycles. The number of pyridine rings is 1. The minimum absolute atomic E-state index is 0.00846. The predicted octanol–water partition coefficient (Wildman–Crippen LogP) is 2.29. The van der Waals surface area contributed by atoms with E-state index in [0.717, 1.165) is 26.1 Å². The lowest BCUT2D eigenvalue weighted by molar-refractivity contribution is -0.135. The van der Waals surface area contributed by atoms with Crippen molar-refractivity contribution in [2.75, 3.05) is 46.8 Å². The van der Waals surface area contributed by atoms with E-state index in [-0.39, 0.29) is 11.9 Å². The Bertz CT molecular complexity index is 698. The monoisotopic (exact) mass is 401 g/mol. The second-order valence-electron chi connectivity index (χ2n) is 9.05. The summed E-state index contributed by atoms with van der Waals surface area (Å²) in [5, 5.41) is 0. The van der Waals surface area contributed by atoms with Crippen LogP contribution < -0.4 is 0 Å². The van der Waals surface area contributed by atoms with Crippen LogP contribution in [0.2, 0.25) is 0 Å². The van der Waals surface area contributed by atoms with Crippen LogP contribution in [0.4, 0.5) is 4.79 Å². The zero-order valence-corrected chi connectivity index (χ0v) is 18.3. The summed E-state index contributed by atoms with van der Waals surface area (Å²) in [5.41, 5.74) is 0.519. The lowest BCUT2D eigenvalue weighted by atomic mass is 9.85. The van der Waals surface area contributed by atoms with Crippen LogP contribution in [0, 0.1) is 5.92 Å². The molecule has 3 rings (SSSR count). The number of likely N-dealkylation sites (N-methyl/N-ethyl adjacent to an activating group) is 1. The van der Waals surface area contributed by atoms with Gasteiger partial charge in [0.1, 0.15) is 5.54 Å². The van der Waals surface area contributed by atoms with Gasteiger partial charge in [0.25, 0.3) is 5.91 Å². The SMILES string of the molecule is CC(C)CCN1C(=O)N(CCN(C)C)C(=O)C12CCN(Cc1cccnc1)CC2. The Balaban J connectivity index is 1.73. The molecule has 7 heteroatoms. The highest BCUT2D eigenvalue weighted by molar-refractivity contribution is 6.07. The molecular weight excluding hydrogens is 366 g/mol. The quantitative estimate of drug-likeness (QED) is 0.626. The molecule has 0 aromatic carbocycles. The van der Waals surface area contributed by atoms with Gasteiger partial charge in [-0.3, -0.25) is 19.6 Å². The number of aromatic nitrogens is 1. The van der Waals surface area contributed by atoms with Crippen molar-refractivity contribution >= 4 is 11.9 Å². The summed E-state index contributed by atoms with van der Waals surface area (Å²) in [4.78, 5) is 38.6. The maximum absolute atomic E-state index is 13.4. The van der Waals surface area contributed by atoms with Crippen molar-refractivity contribution in [3.8, 4) is 0 Å². The molecule has 1 aromatic rings. The maximum Gasteiger partial charge on any atom is 0.327 e. The van der Waals surface area contributed by atoms with Crippen molar-refractivity contribution in [3.63, 3.8) is 0 Å². The van der Waals surface area contributed by atoms with E-state index in [1.165, 1.54) is 10.5 Å². The fraction of sp³-hybridized carbons (Fsp3) is 0.682. The van der Waals surface area contributed by atoms with Gasteiger partial charge < -0.3 is 9.80 Å². The van der Waals surface area contributed by atoms with E-state index in [0.29, 0.717) is 38.4 Å². The van der Waals surface area contributed by atoms with Crippen molar-refractivity contribution < 1.29 is 9.59 Å². The number of carbonyl (C=O) groups is 2. The third kappa shape index (κ3) is 4.78. The summed E-state index contributed by atoms with van der Waals surface area (Å²) in [6.45, 7) is 8.60. The molecule has 2 fully saturated rings. The van der Waals surface area contributed by atoms with Crippen LogP contribution >= 0.6 is 0 Å². The molecule has 0 radical (unpaired) electrons. The molecule has 1 aromatic heterocycles. The normalized spacial score (nSPS) is 19.9. The Labute approximate surface area is 174 Å². The van der Waals surface area contributed by atoms with E-state index in [2.05, 4.69) is 29.8 Å². The van der Waals surface area contributed by atoms with Gasteiger partial charge in [-0.2, -0.15) is 0 Å². The summed E-state index contributed by atoms with van der Waals surface area (Å²) >= 11 is 0. The number of piperidine rings is 1. The van der Waals surface area contributed by atoms with Gasteiger partial charge in [-0.25, -0.2) is 4.79 Å². The van der Waals surface area contributed by atoms with E-state index in [4.69, 9.17) is 0 Å². The topological polar surface area (TPSA) is 60.0 Å². The number of carbonyl (C=O) groups excluding carboxylic acids is 2. The van der Waals surface area contributed by atoms with Gasteiger partial charge in [0.15, 0.2) is 0 Å². The fourth-order valence-corrected chi connectivity index (χ4v) is 4.29. The first-order valence-corrected chi connectivity index (χ1v) is 10.7. The van der Waals surface area contributed by atoms with Gasteiger partial charge in [0.05, 0.1) is 0 Å². The van der Waals surface area contributed by atoms with Crippen molar-refractivity contribution in [1.82, 2.24) is 24.6 Å². The highest BCUT2D eigenvalue weighted by Gasteiger charge is 2.57. The minimum Gasteiger partial charge on any atom is -0.309 e. The van der Waals surface area contributed by atoms with Gasteiger partial charge in [-0.15, -0.1) is 0 Å². The van der Waals surface area contributed by atoms with Crippen LogP contribution in [0.1, 0.15) is 38.7 Å². The number of hydrogen-bond acceptors (Lipinski definition) is 5. The van der Waals surface area contributed by atoms with Crippen molar-refractivity contribution in [3.05, 3.63) is 30.1 Å². The summed E-state index contributed by atoms with van der Waals surface area (Å²) in [6.07, 6.45) is 6.00. The zero-order chi connectivity index (χ0) is 21.0. The van der Waals surface area contributed by atoms with E-state index in [1.54, 1.807) is 6.20 Å². The third-order valence-corrected chi connectivity index (χ3v) is 6.13. The largest absolute Gasteiger partial charge is 0.327 e. The molecule has 2 saturated heterocycles. The number of urea groups is 1. The first-order chi connectivity index (χ1) is 13.8. The van der Waals surface area contributed by atoms with Gasteiger partial charge in [-0.05, 0) is 50.9 Å². The average Bonchev–Trinajstić information content (AvgIpc) is 2.87. The van der Waals surface area contributed by atoms with Crippen LogP contribution in [-0.4, -0.2) is 88.9 Å². The number of nitrogens with zero attached hydrogens (tertiary/aromatic N) is 5. The predicted molar refractivity (Wildman–Crippen MR) is 113 cm³/mol. The standard InChI is InChI=1S/C22H35N5O2/c1-18(2)7-11-27-21(29)26(15-14-24(3)4)20(28)22(27)8-12-25(13-9-22)17-19-6-5-10-23-16-19/h5-6,10,16,18H,7-9,11-15,17H2,1-4H3. The van der Waals surface area contributed by atoms with Gasteiger partial charge in [-0.1, -0.05) is 19.9 Å². The molecule has 3 heterocycles. The zero-order valence-electron chi connectivity index (χ0n) is 18.3. The Morgan fingerprint density at radius 1 is 1.17 bits per heavy atom. The minimum atomic E-state index is -0.663. The Morgan fingerprint density at radius 2 is 1.90 bits per heavy atom. The molecule has 0 aliphatic carbocycles. The Kier molecular flexibility index (Phi) is 6.90. The lowest BCUT2D eigenvalue weighted by Gasteiger charge is -2.42. The first-order valence-electron chi connectivity index (χ1n) is 10.7. The van der Waals surface area contributed by atoms with Crippen LogP contribution in [-0.2, 0) is 11.3 Å². The third-order valence-electron chi connectivity index (χ3n) is 6.13. The molecular formula is C22H35N5O2. The number of hydrogen-bond donors (Lipinski definition) is 0. The molecule has 160 valence electrons. The molecule has 2 aliphatic rings. The Morgan fingerprint density at radius 3 is 2.48 bits per heavy atom. The van der Waals surface area contributed by atoms with Crippen LogP contribution in [0.5, 0.6) is 0 Å². The van der Waals surface area contributed by atoms with Crippen LogP contribution in [0.25, 0.3) is 0 Å². The number of rotatable bonds is 8. The van der Waals surface area contributed by atoms with E-state index >= 15 is 0 Å². The molecule has 0 atom stereocenters. The molecule has 7 nitrogen and oxygen atoms in total. The van der Waals surface area contributed by atoms with Crippen LogP contribution in [0.15, 0.2) is 24.5 Å². The van der Waals surface area contributed by atoms with Crippen molar-refractivity contribution in [2.24, 2.45) is 5.92 Å². The molecule has 3 amide bonds. The fourth-order valence-electron chi connectivity index (χ4n) is 4.29. The van der Waals surface area contributed by atoms with Gasteiger partial charge in [0, 0.05) is 51.7 Å². The van der Waals surface area contributed by atoms with Crippen molar-refractivity contribution in [1.29, 1.82) is 0 Å². The summed E-state index contributed by atoms with van der Waals surface area (Å²) in [7, 11) is 3.93. The average molecular weight is 402 g/mol. The van der Waals surface area contributed by atoms with Gasteiger partial charge in [0.2, 0.25) is 0 Å². The molecule has 0 saturated carbocycles. The molecule has 0 N–H and O–H groups in total. The van der Waals surface area contributed by atoms with Crippen molar-refractivity contribution in [2.45, 2.75) is 45.2 Å².